The zero-order valence-electron chi connectivity index (χ0n) is 13.5. The number of aryl methyl sites for hydroxylation is 2. The maximum Gasteiger partial charge on any atom is 0.223 e. The fourth-order valence-electron chi connectivity index (χ4n) is 2.93. The van der Waals surface area contributed by atoms with Gasteiger partial charge in [0.05, 0.1) is 11.0 Å². The van der Waals surface area contributed by atoms with Crippen LogP contribution in [0, 0.1) is 6.92 Å². The number of rotatable bonds is 3. The smallest absolute Gasteiger partial charge is 0.223 e. The molecule has 1 aliphatic rings. The first-order chi connectivity index (χ1) is 10.1. The summed E-state index contributed by atoms with van der Waals surface area (Å²) in [4.78, 5) is 22.2. The van der Waals surface area contributed by atoms with Crippen molar-refractivity contribution in [1.82, 2.24) is 20.2 Å². The molecule has 23 heavy (non-hydrogen) atoms. The highest BCUT2D eigenvalue weighted by molar-refractivity contribution is 5.85. The number of aromatic amines is 1. The summed E-state index contributed by atoms with van der Waals surface area (Å²) in [5.74, 6) is 1.12. The number of carbonyl (C=O) groups is 1. The van der Waals surface area contributed by atoms with Gasteiger partial charge in [-0.25, -0.2) is 4.98 Å². The van der Waals surface area contributed by atoms with Gasteiger partial charge >= 0.3 is 0 Å². The molecule has 7 heteroatoms. The van der Waals surface area contributed by atoms with Gasteiger partial charge < -0.3 is 15.2 Å². The van der Waals surface area contributed by atoms with Crippen LogP contribution in [-0.2, 0) is 11.2 Å². The maximum atomic E-state index is 12.3. The molecule has 1 amide bonds. The molecule has 0 aliphatic carbocycles. The first kappa shape index (κ1) is 19.7. The molecule has 0 radical (unpaired) electrons. The van der Waals surface area contributed by atoms with Gasteiger partial charge in [0.1, 0.15) is 5.82 Å². The summed E-state index contributed by atoms with van der Waals surface area (Å²) in [6.07, 6.45) is 1.19. The second-order valence-electron chi connectivity index (χ2n) is 5.79. The van der Waals surface area contributed by atoms with Crippen LogP contribution >= 0.6 is 24.8 Å². The third kappa shape index (κ3) is 4.37. The molecule has 0 spiro atoms. The molecule has 1 aromatic carbocycles. The molecule has 0 saturated carbocycles. The second-order valence-corrected chi connectivity index (χ2v) is 5.79. The second kappa shape index (κ2) is 8.52. The molecule has 2 heterocycles. The van der Waals surface area contributed by atoms with Gasteiger partial charge in [0, 0.05) is 38.5 Å². The summed E-state index contributed by atoms with van der Waals surface area (Å²) < 4.78 is 0. The van der Waals surface area contributed by atoms with E-state index in [9.17, 15) is 4.79 Å². The molecule has 0 unspecified atom stereocenters. The molecule has 128 valence electrons. The summed E-state index contributed by atoms with van der Waals surface area (Å²) in [6, 6.07) is 6.39. The molecular weight excluding hydrogens is 335 g/mol. The minimum atomic E-state index is 0. The fraction of sp³-hybridized carbons (Fsp3) is 0.500. The van der Waals surface area contributed by atoms with Crippen LogP contribution < -0.4 is 5.32 Å². The van der Waals surface area contributed by atoms with Crippen LogP contribution in [0.4, 0.5) is 0 Å². The highest BCUT2D eigenvalue weighted by Gasteiger charge is 2.22. The molecule has 1 aromatic heterocycles. The number of piperazine rings is 1. The van der Waals surface area contributed by atoms with Gasteiger partial charge in [-0.15, -0.1) is 24.8 Å². The van der Waals surface area contributed by atoms with Crippen molar-refractivity contribution in [2.75, 3.05) is 19.6 Å². The lowest BCUT2D eigenvalue weighted by Gasteiger charge is -2.34. The van der Waals surface area contributed by atoms with Crippen molar-refractivity contribution < 1.29 is 4.79 Å². The molecular formula is C16H24Cl2N4O. The summed E-state index contributed by atoms with van der Waals surface area (Å²) in [6.45, 7) is 6.73. The van der Waals surface area contributed by atoms with Gasteiger partial charge in [0.2, 0.25) is 5.91 Å². The minimum absolute atomic E-state index is 0. The van der Waals surface area contributed by atoms with E-state index in [1.165, 1.54) is 0 Å². The first-order valence-corrected chi connectivity index (χ1v) is 7.59. The molecule has 1 fully saturated rings. The lowest BCUT2D eigenvalue weighted by atomic mass is 10.2. The van der Waals surface area contributed by atoms with E-state index < -0.39 is 0 Å². The highest BCUT2D eigenvalue weighted by Crippen LogP contribution is 2.16. The number of aromatic nitrogens is 2. The number of nitrogens with zero attached hydrogens (tertiary/aromatic N) is 2. The molecule has 1 saturated heterocycles. The average Bonchev–Trinajstić information content (AvgIpc) is 2.90. The molecule has 1 aliphatic heterocycles. The standard InChI is InChI=1S/C16H22N4O.2ClH/c1-11-4-3-5-13-16(11)19-14(18-13)6-7-15(21)20-9-8-17-10-12(20)2;;/h3-5,12,17H,6-10H2,1-2H3,(H,18,19);2*1H/t12-;;/m0../s1. The number of amides is 1. The summed E-state index contributed by atoms with van der Waals surface area (Å²) in [7, 11) is 0. The Balaban J connectivity index is 0.00000132. The normalized spacial score (nSPS) is 17.5. The largest absolute Gasteiger partial charge is 0.342 e. The average molecular weight is 359 g/mol. The van der Waals surface area contributed by atoms with E-state index in [0.717, 1.165) is 42.1 Å². The monoisotopic (exact) mass is 358 g/mol. The first-order valence-electron chi connectivity index (χ1n) is 7.59. The molecule has 0 bridgehead atoms. The Morgan fingerprint density at radius 2 is 2.17 bits per heavy atom. The number of para-hydroxylation sites is 1. The van der Waals surface area contributed by atoms with Gasteiger partial charge in [0.25, 0.3) is 0 Å². The zero-order valence-corrected chi connectivity index (χ0v) is 15.1. The zero-order chi connectivity index (χ0) is 14.8. The molecule has 3 rings (SSSR count). The van der Waals surface area contributed by atoms with E-state index in [2.05, 4.69) is 35.2 Å². The van der Waals surface area contributed by atoms with Crippen LogP contribution in [0.15, 0.2) is 18.2 Å². The van der Waals surface area contributed by atoms with E-state index in [-0.39, 0.29) is 36.8 Å². The van der Waals surface area contributed by atoms with Crippen molar-refractivity contribution in [3.8, 4) is 0 Å². The summed E-state index contributed by atoms with van der Waals surface area (Å²) in [5, 5.41) is 3.30. The number of H-pyrrole nitrogens is 1. The Hall–Kier alpha value is -1.30. The third-order valence-corrected chi connectivity index (χ3v) is 4.16. The Bertz CT molecular complexity index is 659. The van der Waals surface area contributed by atoms with Crippen LogP contribution in [0.5, 0.6) is 0 Å². The number of hydrogen-bond donors (Lipinski definition) is 2. The van der Waals surface area contributed by atoms with E-state index >= 15 is 0 Å². The number of carbonyl (C=O) groups excluding carboxylic acids is 1. The third-order valence-electron chi connectivity index (χ3n) is 4.16. The van der Waals surface area contributed by atoms with Crippen molar-refractivity contribution in [2.24, 2.45) is 0 Å². The summed E-state index contributed by atoms with van der Waals surface area (Å²) in [5.41, 5.74) is 3.22. The quantitative estimate of drug-likeness (QED) is 0.885. The Morgan fingerprint density at radius 3 is 2.87 bits per heavy atom. The number of benzene rings is 1. The number of halogens is 2. The Labute approximate surface area is 149 Å². The van der Waals surface area contributed by atoms with Crippen LogP contribution in [0.3, 0.4) is 0 Å². The van der Waals surface area contributed by atoms with Crippen molar-refractivity contribution in [3.63, 3.8) is 0 Å². The predicted molar refractivity (Wildman–Crippen MR) is 97.7 cm³/mol. The van der Waals surface area contributed by atoms with Gasteiger partial charge in [-0.05, 0) is 25.5 Å². The van der Waals surface area contributed by atoms with Gasteiger partial charge in [-0.2, -0.15) is 0 Å². The predicted octanol–water partition coefficient (Wildman–Crippen LogP) is 2.47. The van der Waals surface area contributed by atoms with E-state index in [0.29, 0.717) is 12.8 Å². The maximum absolute atomic E-state index is 12.3. The van der Waals surface area contributed by atoms with Crippen molar-refractivity contribution in [1.29, 1.82) is 0 Å². The van der Waals surface area contributed by atoms with E-state index in [1.807, 2.05) is 17.0 Å². The van der Waals surface area contributed by atoms with E-state index in [4.69, 9.17) is 0 Å². The highest BCUT2D eigenvalue weighted by atomic mass is 35.5. The van der Waals surface area contributed by atoms with Crippen molar-refractivity contribution >= 4 is 41.8 Å². The Morgan fingerprint density at radius 1 is 1.39 bits per heavy atom. The SMILES string of the molecule is Cc1cccc2[nH]c(CCC(=O)N3CCNC[C@@H]3C)nc12.Cl.Cl. The number of imidazole rings is 1. The molecule has 5 nitrogen and oxygen atoms in total. The van der Waals surface area contributed by atoms with Gasteiger partial charge in [0.15, 0.2) is 0 Å². The van der Waals surface area contributed by atoms with Gasteiger partial charge in [-0.1, -0.05) is 12.1 Å². The van der Waals surface area contributed by atoms with Crippen LogP contribution in [0.2, 0.25) is 0 Å². The van der Waals surface area contributed by atoms with E-state index in [1.54, 1.807) is 0 Å². The lowest BCUT2D eigenvalue weighted by Crippen LogP contribution is -2.52. The number of fused-ring (bicyclic) bond motifs is 1. The fourth-order valence-corrected chi connectivity index (χ4v) is 2.93. The molecule has 2 N–H and O–H groups in total. The van der Waals surface area contributed by atoms with Crippen molar-refractivity contribution in [2.45, 2.75) is 32.7 Å². The summed E-state index contributed by atoms with van der Waals surface area (Å²) >= 11 is 0. The lowest BCUT2D eigenvalue weighted by molar-refractivity contribution is -0.133. The molecule has 1 atom stereocenters. The number of nitrogens with one attached hydrogen (secondary N) is 2. The minimum Gasteiger partial charge on any atom is -0.342 e. The van der Waals surface area contributed by atoms with Crippen LogP contribution in [0.25, 0.3) is 11.0 Å². The topological polar surface area (TPSA) is 61.0 Å². The Kier molecular flexibility index (Phi) is 7.32. The molecule has 2 aromatic rings. The van der Waals surface area contributed by atoms with Crippen LogP contribution in [-0.4, -0.2) is 46.5 Å². The van der Waals surface area contributed by atoms with Crippen LogP contribution in [0.1, 0.15) is 24.7 Å². The number of hydrogen-bond acceptors (Lipinski definition) is 3. The van der Waals surface area contributed by atoms with Crippen molar-refractivity contribution in [3.05, 3.63) is 29.6 Å². The van der Waals surface area contributed by atoms with Gasteiger partial charge in [-0.3, -0.25) is 4.79 Å².